The molecule has 2 aromatic rings. The minimum atomic E-state index is 0.0736. The van der Waals surface area contributed by atoms with Gasteiger partial charge >= 0.3 is 0 Å². The van der Waals surface area contributed by atoms with Crippen molar-refractivity contribution in [2.24, 2.45) is 5.41 Å². The van der Waals surface area contributed by atoms with E-state index in [1.54, 1.807) is 7.11 Å². The summed E-state index contributed by atoms with van der Waals surface area (Å²) in [5, 5.41) is 0.960. The van der Waals surface area contributed by atoms with Crippen LogP contribution in [0.15, 0.2) is 24.3 Å². The number of methoxy groups -OCH3 is 1. The largest absolute Gasteiger partial charge is 0.497 e. The van der Waals surface area contributed by atoms with E-state index in [4.69, 9.17) is 9.47 Å². The molecule has 1 saturated carbocycles. The average Bonchev–Trinajstić information content (AvgIpc) is 3.00. The topological polar surface area (TPSA) is 51.7 Å². The van der Waals surface area contributed by atoms with Crippen molar-refractivity contribution in [3.05, 3.63) is 35.5 Å². The fraction of sp³-hybridized carbons (Fsp3) is 0.524. The van der Waals surface area contributed by atoms with Crippen molar-refractivity contribution in [3.63, 3.8) is 0 Å². The number of pyridine rings is 1. The lowest BCUT2D eigenvalue weighted by molar-refractivity contribution is 0.0644. The fourth-order valence-corrected chi connectivity index (χ4v) is 4.35. The Labute approximate surface area is 154 Å². The summed E-state index contributed by atoms with van der Waals surface area (Å²) >= 11 is 0. The van der Waals surface area contributed by atoms with Crippen molar-refractivity contribution >= 4 is 16.8 Å². The number of hydrogen-bond donors (Lipinski definition) is 0. The van der Waals surface area contributed by atoms with Crippen molar-refractivity contribution in [1.82, 2.24) is 9.88 Å². The number of benzene rings is 1. The van der Waals surface area contributed by atoms with Gasteiger partial charge in [0, 0.05) is 30.0 Å². The van der Waals surface area contributed by atoms with E-state index in [0.717, 1.165) is 48.3 Å². The Bertz CT molecular complexity index is 827. The molecule has 1 aliphatic heterocycles. The maximum absolute atomic E-state index is 13.3. The lowest BCUT2D eigenvalue weighted by Crippen LogP contribution is -2.40. The second-order valence-electron chi connectivity index (χ2n) is 7.67. The zero-order valence-electron chi connectivity index (χ0n) is 15.6. The van der Waals surface area contributed by atoms with Gasteiger partial charge in [-0.1, -0.05) is 12.8 Å². The van der Waals surface area contributed by atoms with Crippen LogP contribution in [-0.4, -0.2) is 49.2 Å². The van der Waals surface area contributed by atoms with Crippen LogP contribution >= 0.6 is 0 Å². The predicted octanol–water partition coefficient (Wildman–Crippen LogP) is 3.58. The van der Waals surface area contributed by atoms with Crippen molar-refractivity contribution in [3.8, 4) is 5.75 Å². The summed E-state index contributed by atoms with van der Waals surface area (Å²) in [6.45, 7) is 4.76. The van der Waals surface area contributed by atoms with E-state index in [9.17, 15) is 4.79 Å². The predicted molar refractivity (Wildman–Crippen MR) is 101 cm³/mol. The molecule has 0 atom stereocenters. The second-order valence-corrected chi connectivity index (χ2v) is 7.67. The summed E-state index contributed by atoms with van der Waals surface area (Å²) < 4.78 is 11.1. The van der Waals surface area contributed by atoms with E-state index < -0.39 is 0 Å². The molecule has 1 amide bonds. The molecule has 0 unspecified atom stereocenters. The van der Waals surface area contributed by atoms with Crippen LogP contribution in [-0.2, 0) is 4.74 Å². The summed E-state index contributed by atoms with van der Waals surface area (Å²) in [6.07, 6.45) is 4.80. The molecule has 1 spiro atoms. The standard InChI is InChI=1S/C21H26N2O3/c1-15-18(11-16-5-6-17(25-2)12-19(16)22-15)20(24)23-9-10-26-14-21(13-23)7-3-4-8-21/h5-6,11-12H,3-4,7-10,13-14H2,1-2H3. The quantitative estimate of drug-likeness (QED) is 0.827. The molecule has 1 saturated heterocycles. The highest BCUT2D eigenvalue weighted by Crippen LogP contribution is 2.40. The first-order valence-corrected chi connectivity index (χ1v) is 9.43. The molecule has 1 aliphatic carbocycles. The summed E-state index contributed by atoms with van der Waals surface area (Å²) in [6, 6.07) is 7.73. The summed E-state index contributed by atoms with van der Waals surface area (Å²) in [4.78, 5) is 19.9. The molecule has 5 nitrogen and oxygen atoms in total. The van der Waals surface area contributed by atoms with Crippen LogP contribution in [0.5, 0.6) is 5.75 Å². The highest BCUT2D eigenvalue weighted by atomic mass is 16.5. The highest BCUT2D eigenvalue weighted by molar-refractivity contribution is 5.98. The molecule has 0 radical (unpaired) electrons. The Balaban J connectivity index is 1.65. The van der Waals surface area contributed by atoms with E-state index in [1.165, 1.54) is 12.8 Å². The molecule has 26 heavy (non-hydrogen) atoms. The van der Waals surface area contributed by atoms with Gasteiger partial charge in [0.15, 0.2) is 0 Å². The van der Waals surface area contributed by atoms with Gasteiger partial charge in [-0.05, 0) is 38.0 Å². The Hall–Kier alpha value is -2.14. The minimum absolute atomic E-state index is 0.0736. The molecular formula is C21H26N2O3. The molecule has 2 fully saturated rings. The van der Waals surface area contributed by atoms with Gasteiger partial charge in [-0.25, -0.2) is 0 Å². The van der Waals surface area contributed by atoms with E-state index in [0.29, 0.717) is 18.7 Å². The first-order valence-electron chi connectivity index (χ1n) is 9.43. The monoisotopic (exact) mass is 354 g/mol. The van der Waals surface area contributed by atoms with Gasteiger partial charge in [0.05, 0.1) is 37.1 Å². The number of nitrogens with zero attached hydrogens (tertiary/aromatic N) is 2. The highest BCUT2D eigenvalue weighted by Gasteiger charge is 2.39. The van der Waals surface area contributed by atoms with Gasteiger partial charge in [-0.15, -0.1) is 0 Å². The summed E-state index contributed by atoms with van der Waals surface area (Å²) in [5.74, 6) is 0.848. The number of carbonyl (C=O) groups excluding carboxylic acids is 1. The molecular weight excluding hydrogens is 328 g/mol. The van der Waals surface area contributed by atoms with Crippen LogP contribution in [0.3, 0.4) is 0 Å². The summed E-state index contributed by atoms with van der Waals surface area (Å²) in [5.41, 5.74) is 2.46. The number of rotatable bonds is 2. The van der Waals surface area contributed by atoms with Gasteiger partial charge < -0.3 is 14.4 Å². The SMILES string of the molecule is COc1ccc2cc(C(=O)N3CCOCC4(CCCC4)C3)c(C)nc2c1. The molecule has 4 rings (SSSR count). The number of ether oxygens (including phenoxy) is 2. The summed E-state index contributed by atoms with van der Waals surface area (Å²) in [7, 11) is 1.65. The fourth-order valence-electron chi connectivity index (χ4n) is 4.35. The van der Waals surface area contributed by atoms with Crippen LogP contribution in [0.4, 0.5) is 0 Å². The Kier molecular flexibility index (Phi) is 4.57. The molecule has 1 aromatic carbocycles. The van der Waals surface area contributed by atoms with Gasteiger partial charge in [0.2, 0.25) is 0 Å². The number of hydrogen-bond acceptors (Lipinski definition) is 4. The van der Waals surface area contributed by atoms with Gasteiger partial charge in [0.25, 0.3) is 5.91 Å². The van der Waals surface area contributed by atoms with Gasteiger partial charge in [-0.2, -0.15) is 0 Å². The average molecular weight is 354 g/mol. The van der Waals surface area contributed by atoms with Crippen molar-refractivity contribution in [1.29, 1.82) is 0 Å². The number of aryl methyl sites for hydroxylation is 1. The van der Waals surface area contributed by atoms with Crippen LogP contribution < -0.4 is 4.74 Å². The third-order valence-corrected chi connectivity index (χ3v) is 5.84. The molecule has 0 N–H and O–H groups in total. The first kappa shape index (κ1) is 17.3. The van der Waals surface area contributed by atoms with Crippen molar-refractivity contribution in [2.45, 2.75) is 32.6 Å². The van der Waals surface area contributed by atoms with E-state index in [-0.39, 0.29) is 11.3 Å². The van der Waals surface area contributed by atoms with Crippen LogP contribution in [0.1, 0.15) is 41.7 Å². The van der Waals surface area contributed by atoms with E-state index in [1.807, 2.05) is 36.1 Å². The van der Waals surface area contributed by atoms with Crippen LogP contribution in [0.25, 0.3) is 10.9 Å². The first-order chi connectivity index (χ1) is 12.6. The van der Waals surface area contributed by atoms with E-state index in [2.05, 4.69) is 4.98 Å². The van der Waals surface area contributed by atoms with Crippen molar-refractivity contribution < 1.29 is 14.3 Å². The lowest BCUT2D eigenvalue weighted by atomic mass is 9.86. The molecule has 2 aliphatic rings. The van der Waals surface area contributed by atoms with Crippen molar-refractivity contribution in [2.75, 3.05) is 33.4 Å². The smallest absolute Gasteiger partial charge is 0.255 e. The van der Waals surface area contributed by atoms with Crippen LogP contribution in [0.2, 0.25) is 0 Å². The maximum Gasteiger partial charge on any atom is 0.255 e. The van der Waals surface area contributed by atoms with Crippen LogP contribution in [0, 0.1) is 12.3 Å². The van der Waals surface area contributed by atoms with Gasteiger partial charge in [0.1, 0.15) is 5.75 Å². The second kappa shape index (κ2) is 6.88. The van der Waals surface area contributed by atoms with E-state index >= 15 is 0 Å². The third-order valence-electron chi connectivity index (χ3n) is 5.84. The number of aromatic nitrogens is 1. The molecule has 2 heterocycles. The Morgan fingerprint density at radius 1 is 1.27 bits per heavy atom. The molecule has 138 valence electrons. The molecule has 0 bridgehead atoms. The zero-order chi connectivity index (χ0) is 18.1. The minimum Gasteiger partial charge on any atom is -0.497 e. The number of fused-ring (bicyclic) bond motifs is 1. The Morgan fingerprint density at radius 3 is 2.85 bits per heavy atom. The number of carbonyl (C=O) groups is 1. The zero-order valence-corrected chi connectivity index (χ0v) is 15.6. The van der Waals surface area contributed by atoms with Gasteiger partial charge in [-0.3, -0.25) is 9.78 Å². The third kappa shape index (κ3) is 3.16. The Morgan fingerprint density at radius 2 is 2.08 bits per heavy atom. The number of amides is 1. The molecule has 1 aromatic heterocycles. The molecule has 5 heteroatoms. The lowest BCUT2D eigenvalue weighted by Gasteiger charge is -2.31. The maximum atomic E-state index is 13.3. The normalized spacial score (nSPS) is 19.7.